The molecule has 7 nitrogen and oxygen atoms in total. The van der Waals surface area contributed by atoms with Crippen LogP contribution in [0.1, 0.15) is 0 Å². The number of anilines is 1. The van der Waals surface area contributed by atoms with Crippen LogP contribution in [0.5, 0.6) is 0 Å². The molecule has 28 heavy (non-hydrogen) atoms. The molecule has 3 heterocycles. The van der Waals surface area contributed by atoms with Crippen molar-refractivity contribution in [2.45, 2.75) is 0 Å². The Morgan fingerprint density at radius 2 is 1.64 bits per heavy atom. The van der Waals surface area contributed by atoms with Crippen LogP contribution in [0.25, 0.3) is 45.2 Å². The van der Waals surface area contributed by atoms with Crippen molar-refractivity contribution in [1.29, 1.82) is 0 Å². The smallest absolute Gasteiger partial charge is 0.270 e. The van der Waals surface area contributed by atoms with E-state index in [-0.39, 0.29) is 11.7 Å². The summed E-state index contributed by atoms with van der Waals surface area (Å²) in [7, 11) is 0. The maximum atomic E-state index is 6.05. The molecule has 3 aromatic heterocycles. The van der Waals surface area contributed by atoms with Crippen molar-refractivity contribution in [3.63, 3.8) is 0 Å². The third kappa shape index (κ3) is 2.75. The summed E-state index contributed by atoms with van der Waals surface area (Å²) in [5.41, 5.74) is 9.66. The molecule has 5 aromatic rings. The van der Waals surface area contributed by atoms with Crippen LogP contribution in [0.3, 0.4) is 0 Å². The van der Waals surface area contributed by atoms with Crippen molar-refractivity contribution in [3.05, 3.63) is 73.1 Å². The number of nitrogens with zero attached hydrogens (tertiary/aromatic N) is 5. The molecule has 0 unspecified atom stereocenters. The highest BCUT2D eigenvalue weighted by molar-refractivity contribution is 5.93. The summed E-state index contributed by atoms with van der Waals surface area (Å²) in [6.07, 6.45) is 3.39. The molecule has 0 saturated carbocycles. The highest BCUT2D eigenvalue weighted by Crippen LogP contribution is 2.30. The van der Waals surface area contributed by atoms with Gasteiger partial charge in [-0.15, -0.1) is 10.2 Å². The predicted molar refractivity (Wildman–Crippen MR) is 106 cm³/mol. The third-order valence-corrected chi connectivity index (χ3v) is 4.37. The number of benzene rings is 2. The second kappa shape index (κ2) is 6.55. The Labute approximate surface area is 159 Å². The zero-order valence-corrected chi connectivity index (χ0v) is 14.6. The number of hydrogen-bond donors (Lipinski definition) is 1. The minimum Gasteiger partial charge on any atom is -0.414 e. The normalized spacial score (nSPS) is 11.0. The van der Waals surface area contributed by atoms with Crippen LogP contribution in [0.4, 0.5) is 5.82 Å². The van der Waals surface area contributed by atoms with Crippen LogP contribution in [0, 0.1) is 0 Å². The fraction of sp³-hybridized carbons (Fsp3) is 0. The van der Waals surface area contributed by atoms with Gasteiger partial charge in [0.15, 0.2) is 11.5 Å². The monoisotopic (exact) mass is 366 g/mol. The Hall–Kier alpha value is -4.13. The topological polar surface area (TPSA) is 104 Å². The zero-order chi connectivity index (χ0) is 18.9. The first-order valence-corrected chi connectivity index (χ1v) is 8.65. The predicted octanol–water partition coefficient (Wildman–Crippen LogP) is 3.99. The summed E-state index contributed by atoms with van der Waals surface area (Å²) < 4.78 is 5.80. The molecule has 134 valence electrons. The van der Waals surface area contributed by atoms with Crippen molar-refractivity contribution in [3.8, 4) is 34.3 Å². The molecule has 0 atom stereocenters. The van der Waals surface area contributed by atoms with Gasteiger partial charge in [-0.05, 0) is 24.3 Å². The minimum absolute atomic E-state index is 0.226. The molecule has 0 spiro atoms. The first-order valence-electron chi connectivity index (χ1n) is 8.65. The fourth-order valence-corrected chi connectivity index (χ4v) is 3.03. The molecular formula is C21H14N6O. The van der Waals surface area contributed by atoms with Gasteiger partial charge in [-0.3, -0.25) is 4.98 Å². The van der Waals surface area contributed by atoms with E-state index in [0.29, 0.717) is 17.3 Å². The Morgan fingerprint density at radius 3 is 2.54 bits per heavy atom. The van der Waals surface area contributed by atoms with E-state index in [0.717, 1.165) is 22.0 Å². The Morgan fingerprint density at radius 1 is 0.786 bits per heavy atom. The van der Waals surface area contributed by atoms with Gasteiger partial charge in [-0.2, -0.15) is 0 Å². The van der Waals surface area contributed by atoms with E-state index in [1.54, 1.807) is 12.4 Å². The number of nitrogens with two attached hydrogens (primary N) is 1. The lowest BCUT2D eigenvalue weighted by Gasteiger charge is -2.07. The second-order valence-corrected chi connectivity index (χ2v) is 6.14. The van der Waals surface area contributed by atoms with Crippen molar-refractivity contribution in [1.82, 2.24) is 25.1 Å². The average Bonchev–Trinajstić information content (AvgIpc) is 3.24. The SMILES string of the molecule is Nc1ncc(-c2cccc3ncccc23)nc1-c1nnc(-c2ccccc2)o1. The summed E-state index contributed by atoms with van der Waals surface area (Å²) in [6.45, 7) is 0. The summed E-state index contributed by atoms with van der Waals surface area (Å²) in [5, 5.41) is 9.19. The molecular weight excluding hydrogens is 352 g/mol. The molecule has 0 amide bonds. The summed E-state index contributed by atoms with van der Waals surface area (Å²) in [5.74, 6) is 0.853. The minimum atomic E-state index is 0.226. The number of rotatable bonds is 3. The first-order chi connectivity index (χ1) is 13.8. The average molecular weight is 366 g/mol. The van der Waals surface area contributed by atoms with Crippen molar-refractivity contribution < 1.29 is 4.42 Å². The van der Waals surface area contributed by atoms with Gasteiger partial charge in [0.05, 0.1) is 17.4 Å². The van der Waals surface area contributed by atoms with Gasteiger partial charge in [0.25, 0.3) is 5.89 Å². The van der Waals surface area contributed by atoms with Gasteiger partial charge in [-0.25, -0.2) is 9.97 Å². The van der Waals surface area contributed by atoms with Crippen molar-refractivity contribution in [2.75, 3.05) is 5.73 Å². The van der Waals surface area contributed by atoms with Gasteiger partial charge in [0.1, 0.15) is 0 Å². The van der Waals surface area contributed by atoms with Crippen LogP contribution >= 0.6 is 0 Å². The highest BCUT2D eigenvalue weighted by Gasteiger charge is 2.17. The zero-order valence-electron chi connectivity index (χ0n) is 14.6. The molecule has 2 N–H and O–H groups in total. The molecule has 0 radical (unpaired) electrons. The number of fused-ring (bicyclic) bond motifs is 1. The van der Waals surface area contributed by atoms with Crippen LogP contribution in [-0.2, 0) is 0 Å². The van der Waals surface area contributed by atoms with Gasteiger partial charge in [0.2, 0.25) is 5.89 Å². The molecule has 7 heteroatoms. The van der Waals surface area contributed by atoms with E-state index in [1.165, 1.54) is 0 Å². The Bertz CT molecular complexity index is 1280. The molecule has 0 bridgehead atoms. The van der Waals surface area contributed by atoms with E-state index in [4.69, 9.17) is 10.2 Å². The molecule has 2 aromatic carbocycles. The molecule has 0 aliphatic heterocycles. The quantitative estimate of drug-likeness (QED) is 0.515. The van der Waals surface area contributed by atoms with E-state index < -0.39 is 0 Å². The number of pyridine rings is 1. The standard InChI is InChI=1S/C21H14N6O/c22-19-18(21-27-26-20(28-21)13-6-2-1-3-7-13)25-17(12-24-19)15-8-4-10-16-14(15)9-5-11-23-16/h1-12H,(H2,22,24). The maximum absolute atomic E-state index is 6.05. The van der Waals surface area contributed by atoms with Gasteiger partial charge in [0, 0.05) is 22.7 Å². The van der Waals surface area contributed by atoms with Gasteiger partial charge < -0.3 is 10.2 Å². The number of aromatic nitrogens is 5. The van der Waals surface area contributed by atoms with E-state index in [9.17, 15) is 0 Å². The van der Waals surface area contributed by atoms with Crippen LogP contribution < -0.4 is 5.73 Å². The summed E-state index contributed by atoms with van der Waals surface area (Å²) >= 11 is 0. The van der Waals surface area contributed by atoms with Gasteiger partial charge >= 0.3 is 0 Å². The molecule has 0 aliphatic rings. The first kappa shape index (κ1) is 16.1. The Kier molecular flexibility index (Phi) is 3.76. The molecule has 0 fully saturated rings. The lowest BCUT2D eigenvalue weighted by Crippen LogP contribution is -1.99. The Balaban J connectivity index is 1.62. The molecule has 5 rings (SSSR count). The van der Waals surface area contributed by atoms with Crippen LogP contribution in [0.15, 0.2) is 77.5 Å². The highest BCUT2D eigenvalue weighted by atomic mass is 16.4. The number of nitrogen functional groups attached to an aromatic ring is 1. The second-order valence-electron chi connectivity index (χ2n) is 6.14. The van der Waals surface area contributed by atoms with E-state index in [2.05, 4.69) is 25.1 Å². The van der Waals surface area contributed by atoms with Crippen molar-refractivity contribution in [2.24, 2.45) is 0 Å². The van der Waals surface area contributed by atoms with E-state index in [1.807, 2.05) is 60.7 Å². The molecule has 0 saturated heterocycles. The largest absolute Gasteiger partial charge is 0.414 e. The molecule has 0 aliphatic carbocycles. The summed E-state index contributed by atoms with van der Waals surface area (Å²) in [4.78, 5) is 13.3. The fourth-order valence-electron chi connectivity index (χ4n) is 3.03. The summed E-state index contributed by atoms with van der Waals surface area (Å²) in [6, 6.07) is 19.3. The van der Waals surface area contributed by atoms with Gasteiger partial charge in [-0.1, -0.05) is 36.4 Å². The maximum Gasteiger partial charge on any atom is 0.270 e. The van der Waals surface area contributed by atoms with Crippen LogP contribution in [-0.4, -0.2) is 25.1 Å². The van der Waals surface area contributed by atoms with Crippen LogP contribution in [0.2, 0.25) is 0 Å². The number of hydrogen-bond acceptors (Lipinski definition) is 7. The third-order valence-electron chi connectivity index (χ3n) is 4.37. The lowest BCUT2D eigenvalue weighted by atomic mass is 10.1. The van der Waals surface area contributed by atoms with Crippen molar-refractivity contribution >= 4 is 16.7 Å². The van der Waals surface area contributed by atoms with E-state index >= 15 is 0 Å². The lowest BCUT2D eigenvalue weighted by molar-refractivity contribution is 0.582.